The average molecular weight is 325 g/mol. The fourth-order valence-corrected chi connectivity index (χ4v) is 3.02. The summed E-state index contributed by atoms with van der Waals surface area (Å²) in [6, 6.07) is 5.59. The Morgan fingerprint density at radius 3 is 2.92 bits per heavy atom. The zero-order chi connectivity index (χ0) is 17.3. The number of aromatic amines is 1. The van der Waals surface area contributed by atoms with Crippen molar-refractivity contribution in [3.63, 3.8) is 0 Å². The molecule has 1 atom stereocenters. The number of nitrogens with zero attached hydrogens (tertiary/aromatic N) is 3. The maximum Gasteiger partial charge on any atom is 0.253 e. The van der Waals surface area contributed by atoms with Crippen molar-refractivity contribution in [2.24, 2.45) is 0 Å². The van der Waals surface area contributed by atoms with Crippen LogP contribution in [0.4, 0.5) is 0 Å². The zero-order valence-corrected chi connectivity index (χ0v) is 14.6. The summed E-state index contributed by atoms with van der Waals surface area (Å²) in [5, 5.41) is 12.2. The van der Waals surface area contributed by atoms with Gasteiger partial charge >= 0.3 is 0 Å². The number of aryl methyl sites for hydroxylation is 3. The highest BCUT2D eigenvalue weighted by Gasteiger charge is 2.19. The fourth-order valence-electron chi connectivity index (χ4n) is 3.02. The molecule has 0 aliphatic carbocycles. The molecular weight excluding hydrogens is 302 g/mol. The number of amides is 1. The number of hydrogen-bond acceptors (Lipinski definition) is 3. The van der Waals surface area contributed by atoms with E-state index >= 15 is 0 Å². The third-order valence-corrected chi connectivity index (χ3v) is 4.43. The summed E-state index contributed by atoms with van der Waals surface area (Å²) in [6.45, 7) is 8.95. The molecule has 0 saturated heterocycles. The van der Waals surface area contributed by atoms with Gasteiger partial charge in [0.1, 0.15) is 6.33 Å². The second-order valence-electron chi connectivity index (χ2n) is 6.18. The Hall–Kier alpha value is -2.63. The first-order chi connectivity index (χ1) is 11.5. The van der Waals surface area contributed by atoms with Crippen LogP contribution in [-0.2, 0) is 6.54 Å². The van der Waals surface area contributed by atoms with Crippen LogP contribution in [0.25, 0.3) is 10.9 Å². The summed E-state index contributed by atoms with van der Waals surface area (Å²) in [6.07, 6.45) is 2.70. The van der Waals surface area contributed by atoms with Gasteiger partial charge in [0.05, 0.1) is 17.1 Å². The lowest BCUT2D eigenvalue weighted by Gasteiger charge is -2.15. The van der Waals surface area contributed by atoms with Crippen LogP contribution in [0.5, 0.6) is 0 Å². The molecule has 0 aliphatic rings. The highest BCUT2D eigenvalue weighted by molar-refractivity contribution is 6.06. The van der Waals surface area contributed by atoms with Gasteiger partial charge in [-0.15, -0.1) is 10.2 Å². The molecule has 0 unspecified atom stereocenters. The normalized spacial score (nSPS) is 12.5. The summed E-state index contributed by atoms with van der Waals surface area (Å²) in [5.41, 5.74) is 3.79. The predicted molar refractivity (Wildman–Crippen MR) is 94.0 cm³/mol. The number of nitrogens with one attached hydrogen (secondary N) is 2. The van der Waals surface area contributed by atoms with Crippen molar-refractivity contribution in [2.75, 3.05) is 0 Å². The van der Waals surface area contributed by atoms with Crippen molar-refractivity contribution in [3.8, 4) is 0 Å². The lowest BCUT2D eigenvalue weighted by Crippen LogP contribution is -2.29. The number of benzene rings is 1. The molecule has 2 heterocycles. The third kappa shape index (κ3) is 2.79. The van der Waals surface area contributed by atoms with E-state index in [1.54, 1.807) is 6.33 Å². The lowest BCUT2D eigenvalue weighted by molar-refractivity contribution is 0.0939. The Morgan fingerprint density at radius 1 is 1.38 bits per heavy atom. The predicted octanol–water partition coefficient (Wildman–Crippen LogP) is 3.28. The van der Waals surface area contributed by atoms with Crippen LogP contribution in [-0.4, -0.2) is 25.7 Å². The van der Waals surface area contributed by atoms with Crippen LogP contribution in [0, 0.1) is 13.8 Å². The molecule has 0 radical (unpaired) electrons. The van der Waals surface area contributed by atoms with Crippen molar-refractivity contribution in [1.29, 1.82) is 0 Å². The largest absolute Gasteiger partial charge is 0.358 e. The van der Waals surface area contributed by atoms with E-state index in [0.717, 1.165) is 35.4 Å². The van der Waals surface area contributed by atoms with Crippen molar-refractivity contribution < 1.29 is 4.79 Å². The fraction of sp³-hybridized carbons (Fsp3) is 0.389. The zero-order valence-electron chi connectivity index (χ0n) is 14.6. The first-order valence-corrected chi connectivity index (χ1v) is 8.29. The van der Waals surface area contributed by atoms with E-state index in [2.05, 4.69) is 34.3 Å². The summed E-state index contributed by atoms with van der Waals surface area (Å²) >= 11 is 0. The SMILES string of the molecule is CCCn1cnnc1[C@@H](C)NC(=O)c1cccc2c(C)c(C)[nH]c12. The molecule has 0 saturated carbocycles. The number of hydrogen-bond donors (Lipinski definition) is 2. The van der Waals surface area contributed by atoms with Crippen molar-refractivity contribution in [1.82, 2.24) is 25.1 Å². The number of H-pyrrole nitrogens is 1. The molecule has 3 aromatic rings. The molecule has 0 bridgehead atoms. The van der Waals surface area contributed by atoms with Gasteiger partial charge in [-0.3, -0.25) is 4.79 Å². The molecule has 1 amide bonds. The Balaban J connectivity index is 1.87. The summed E-state index contributed by atoms with van der Waals surface area (Å²) in [7, 11) is 0. The van der Waals surface area contributed by atoms with Gasteiger partial charge in [-0.2, -0.15) is 0 Å². The van der Waals surface area contributed by atoms with E-state index < -0.39 is 0 Å². The van der Waals surface area contributed by atoms with E-state index in [9.17, 15) is 4.79 Å². The van der Waals surface area contributed by atoms with Gasteiger partial charge in [0.2, 0.25) is 0 Å². The number of aromatic nitrogens is 4. The molecule has 2 aromatic heterocycles. The molecule has 0 spiro atoms. The van der Waals surface area contributed by atoms with Gasteiger partial charge < -0.3 is 14.9 Å². The number of carbonyl (C=O) groups excluding carboxylic acids is 1. The molecule has 0 fully saturated rings. The van der Waals surface area contributed by atoms with Crippen molar-refractivity contribution in [3.05, 3.63) is 47.2 Å². The van der Waals surface area contributed by atoms with Gasteiger partial charge in [-0.25, -0.2) is 0 Å². The van der Waals surface area contributed by atoms with Gasteiger partial charge in [-0.05, 0) is 38.8 Å². The number of fused-ring (bicyclic) bond motifs is 1. The van der Waals surface area contributed by atoms with E-state index in [4.69, 9.17) is 0 Å². The Labute approximate surface area is 141 Å². The minimum Gasteiger partial charge on any atom is -0.358 e. The molecule has 24 heavy (non-hydrogen) atoms. The van der Waals surface area contributed by atoms with Gasteiger partial charge in [0.15, 0.2) is 5.82 Å². The van der Waals surface area contributed by atoms with Gasteiger partial charge in [-0.1, -0.05) is 19.1 Å². The van der Waals surface area contributed by atoms with Gasteiger partial charge in [0, 0.05) is 17.6 Å². The molecule has 126 valence electrons. The molecule has 6 heteroatoms. The maximum absolute atomic E-state index is 12.8. The van der Waals surface area contributed by atoms with Crippen LogP contribution in [0.2, 0.25) is 0 Å². The van der Waals surface area contributed by atoms with Crippen LogP contribution in [0.3, 0.4) is 0 Å². The maximum atomic E-state index is 12.8. The molecule has 3 rings (SSSR count). The first kappa shape index (κ1) is 16.2. The standard InChI is InChI=1S/C18H23N5O/c1-5-9-23-10-19-22-17(23)13(4)21-18(24)15-8-6-7-14-11(2)12(3)20-16(14)15/h6-8,10,13,20H,5,9H2,1-4H3,(H,21,24)/t13-/m1/s1. The minimum absolute atomic E-state index is 0.111. The van der Waals surface area contributed by atoms with Crippen LogP contribution < -0.4 is 5.32 Å². The number of rotatable bonds is 5. The minimum atomic E-state index is -0.209. The van der Waals surface area contributed by atoms with Crippen LogP contribution in [0.15, 0.2) is 24.5 Å². The van der Waals surface area contributed by atoms with E-state index in [0.29, 0.717) is 5.56 Å². The number of carbonyl (C=O) groups is 1. The van der Waals surface area contributed by atoms with Crippen LogP contribution in [0.1, 0.15) is 53.7 Å². The van der Waals surface area contributed by atoms with E-state index in [-0.39, 0.29) is 11.9 Å². The van der Waals surface area contributed by atoms with Gasteiger partial charge in [0.25, 0.3) is 5.91 Å². The number of para-hydroxylation sites is 1. The molecule has 1 aromatic carbocycles. The molecule has 2 N–H and O–H groups in total. The highest BCUT2D eigenvalue weighted by Crippen LogP contribution is 2.24. The third-order valence-electron chi connectivity index (χ3n) is 4.43. The Kier molecular flexibility index (Phi) is 4.38. The Morgan fingerprint density at radius 2 is 2.17 bits per heavy atom. The Bertz CT molecular complexity index is 877. The molecule has 6 nitrogen and oxygen atoms in total. The second-order valence-corrected chi connectivity index (χ2v) is 6.18. The lowest BCUT2D eigenvalue weighted by atomic mass is 10.1. The molecule has 0 aliphatic heterocycles. The topological polar surface area (TPSA) is 75.6 Å². The summed E-state index contributed by atoms with van der Waals surface area (Å²) in [4.78, 5) is 16.1. The average Bonchev–Trinajstić information content (AvgIpc) is 3.13. The van der Waals surface area contributed by atoms with Crippen molar-refractivity contribution in [2.45, 2.75) is 46.7 Å². The summed E-state index contributed by atoms with van der Waals surface area (Å²) < 4.78 is 1.98. The molecular formula is C18H23N5O. The van der Waals surface area contributed by atoms with Crippen LogP contribution >= 0.6 is 0 Å². The quantitative estimate of drug-likeness (QED) is 0.756. The second kappa shape index (κ2) is 6.47. The van der Waals surface area contributed by atoms with E-state index in [1.165, 1.54) is 5.56 Å². The summed E-state index contributed by atoms with van der Waals surface area (Å²) in [5.74, 6) is 0.664. The van der Waals surface area contributed by atoms with E-state index in [1.807, 2.05) is 36.6 Å². The van der Waals surface area contributed by atoms with Crippen molar-refractivity contribution >= 4 is 16.8 Å². The monoisotopic (exact) mass is 325 g/mol. The smallest absolute Gasteiger partial charge is 0.253 e. The first-order valence-electron chi connectivity index (χ1n) is 8.29. The highest BCUT2D eigenvalue weighted by atomic mass is 16.1.